The van der Waals surface area contributed by atoms with E-state index in [9.17, 15) is 4.79 Å². The first-order valence-electron chi connectivity index (χ1n) is 6.60. The van der Waals surface area contributed by atoms with Gasteiger partial charge in [-0.25, -0.2) is 4.79 Å². The summed E-state index contributed by atoms with van der Waals surface area (Å²) in [7, 11) is 1.58. The second-order valence-corrected chi connectivity index (χ2v) is 5.27. The van der Waals surface area contributed by atoms with Crippen LogP contribution in [-0.4, -0.2) is 36.1 Å². The molecular weight excluding hydrogens is 274 g/mol. The second-order valence-electron chi connectivity index (χ2n) is 4.79. The quantitative estimate of drug-likeness (QED) is 0.839. The molecule has 5 nitrogen and oxygen atoms in total. The van der Waals surface area contributed by atoms with Gasteiger partial charge in [-0.2, -0.15) is 0 Å². The van der Waals surface area contributed by atoms with Crippen molar-refractivity contribution in [2.24, 2.45) is 11.7 Å². The summed E-state index contributed by atoms with van der Waals surface area (Å²) >= 11 is 5.00. The van der Waals surface area contributed by atoms with Crippen molar-refractivity contribution >= 4 is 28.9 Å². The molecular formula is C14H19N3O2S. The molecule has 0 atom stereocenters. The lowest BCUT2D eigenvalue weighted by atomic mass is 9.97. The lowest BCUT2D eigenvalue weighted by Gasteiger charge is -2.31. The van der Waals surface area contributed by atoms with Gasteiger partial charge < -0.3 is 20.7 Å². The fraction of sp³-hybridized carbons (Fsp3) is 0.429. The molecule has 3 N–H and O–H groups in total. The number of nitrogens with one attached hydrogen (secondary N) is 1. The summed E-state index contributed by atoms with van der Waals surface area (Å²) in [5.41, 5.74) is 6.32. The van der Waals surface area contributed by atoms with E-state index < -0.39 is 0 Å². The normalized spacial score (nSPS) is 15.8. The third kappa shape index (κ3) is 3.39. The van der Waals surface area contributed by atoms with Gasteiger partial charge in [0, 0.05) is 19.0 Å². The van der Waals surface area contributed by atoms with Crippen LogP contribution >= 0.6 is 12.2 Å². The molecule has 0 saturated carbocycles. The number of nitrogens with zero attached hydrogens (tertiary/aromatic N) is 1. The largest absolute Gasteiger partial charge is 0.495 e. The Kier molecular flexibility index (Phi) is 4.79. The van der Waals surface area contributed by atoms with Crippen LogP contribution in [0.15, 0.2) is 24.3 Å². The van der Waals surface area contributed by atoms with E-state index in [2.05, 4.69) is 5.32 Å². The number of piperidine rings is 1. The van der Waals surface area contributed by atoms with E-state index in [-0.39, 0.29) is 11.9 Å². The average molecular weight is 293 g/mol. The van der Waals surface area contributed by atoms with E-state index in [0.29, 0.717) is 29.5 Å². The Bertz CT molecular complexity index is 499. The van der Waals surface area contributed by atoms with Crippen molar-refractivity contribution in [2.45, 2.75) is 12.8 Å². The van der Waals surface area contributed by atoms with Gasteiger partial charge in [-0.1, -0.05) is 24.4 Å². The Hall–Kier alpha value is -1.82. The number of ether oxygens (including phenoxy) is 1. The fourth-order valence-corrected chi connectivity index (χ4v) is 2.54. The summed E-state index contributed by atoms with van der Waals surface area (Å²) < 4.78 is 5.22. The Morgan fingerprint density at radius 2 is 2.05 bits per heavy atom. The Morgan fingerprint density at radius 1 is 1.40 bits per heavy atom. The maximum absolute atomic E-state index is 12.2. The number of hydrogen-bond acceptors (Lipinski definition) is 3. The molecule has 0 radical (unpaired) electrons. The average Bonchev–Trinajstić information content (AvgIpc) is 2.48. The second kappa shape index (κ2) is 6.56. The highest BCUT2D eigenvalue weighted by molar-refractivity contribution is 7.80. The van der Waals surface area contributed by atoms with Crippen molar-refractivity contribution in [2.75, 3.05) is 25.5 Å². The Morgan fingerprint density at radius 3 is 2.65 bits per heavy atom. The maximum atomic E-state index is 12.2. The number of methoxy groups -OCH3 is 1. The van der Waals surface area contributed by atoms with Crippen molar-refractivity contribution in [3.05, 3.63) is 24.3 Å². The molecule has 108 valence electrons. The minimum Gasteiger partial charge on any atom is -0.495 e. The van der Waals surface area contributed by atoms with Crippen molar-refractivity contribution in [3.8, 4) is 5.75 Å². The lowest BCUT2D eigenvalue weighted by molar-refractivity contribution is 0.193. The number of amides is 2. The number of urea groups is 1. The number of thiocarbonyl (C=S) groups is 1. The minimum atomic E-state index is -0.115. The van der Waals surface area contributed by atoms with Crippen LogP contribution < -0.4 is 15.8 Å². The van der Waals surface area contributed by atoms with Gasteiger partial charge in [0.2, 0.25) is 0 Å². The van der Waals surface area contributed by atoms with Gasteiger partial charge in [0.1, 0.15) is 5.75 Å². The molecule has 1 aliphatic heterocycles. The van der Waals surface area contributed by atoms with Crippen LogP contribution in [0.25, 0.3) is 0 Å². The zero-order chi connectivity index (χ0) is 14.5. The van der Waals surface area contributed by atoms with Gasteiger partial charge in [-0.15, -0.1) is 0 Å². The molecule has 0 aliphatic carbocycles. The predicted octanol–water partition coefficient (Wildman–Crippen LogP) is 2.23. The molecule has 1 aromatic rings. The summed E-state index contributed by atoms with van der Waals surface area (Å²) in [6, 6.07) is 7.24. The van der Waals surface area contributed by atoms with Crippen LogP contribution in [0.3, 0.4) is 0 Å². The summed E-state index contributed by atoms with van der Waals surface area (Å²) in [5, 5.41) is 2.87. The highest BCUT2D eigenvalue weighted by atomic mass is 32.1. The summed E-state index contributed by atoms with van der Waals surface area (Å²) in [5.74, 6) is 0.902. The molecule has 2 amide bonds. The van der Waals surface area contributed by atoms with Gasteiger partial charge in [0.15, 0.2) is 0 Å². The minimum absolute atomic E-state index is 0.115. The third-order valence-corrected chi connectivity index (χ3v) is 3.87. The number of nitrogens with two attached hydrogens (primary N) is 1. The molecule has 0 aromatic heterocycles. The van der Waals surface area contributed by atoms with Crippen LogP contribution in [-0.2, 0) is 0 Å². The monoisotopic (exact) mass is 293 g/mol. The number of likely N-dealkylation sites (tertiary alicyclic amines) is 1. The number of para-hydroxylation sites is 2. The number of benzene rings is 1. The number of carbonyl (C=O) groups excluding carboxylic acids is 1. The molecule has 1 heterocycles. The van der Waals surface area contributed by atoms with E-state index in [0.717, 1.165) is 12.8 Å². The molecule has 0 unspecified atom stereocenters. The van der Waals surface area contributed by atoms with Crippen LogP contribution in [0.5, 0.6) is 5.75 Å². The lowest BCUT2D eigenvalue weighted by Crippen LogP contribution is -2.43. The molecule has 1 saturated heterocycles. The van der Waals surface area contributed by atoms with E-state index in [1.54, 1.807) is 12.0 Å². The Balaban J connectivity index is 1.94. The standard InChI is InChI=1S/C14H19N3O2S/c1-19-12-5-3-2-4-11(12)16-14(18)17-8-6-10(7-9-17)13(15)20/h2-5,10H,6-9H2,1H3,(H2,15,20)(H,16,18). The number of hydrogen-bond donors (Lipinski definition) is 2. The molecule has 1 aliphatic rings. The molecule has 0 bridgehead atoms. The van der Waals surface area contributed by atoms with Crippen LogP contribution in [0.1, 0.15) is 12.8 Å². The number of rotatable bonds is 3. The van der Waals surface area contributed by atoms with Crippen molar-refractivity contribution in [1.29, 1.82) is 0 Å². The van der Waals surface area contributed by atoms with Gasteiger partial charge >= 0.3 is 6.03 Å². The topological polar surface area (TPSA) is 67.6 Å². The van der Waals surface area contributed by atoms with Gasteiger partial charge in [0.25, 0.3) is 0 Å². The predicted molar refractivity (Wildman–Crippen MR) is 83.1 cm³/mol. The number of anilines is 1. The molecule has 1 aromatic carbocycles. The SMILES string of the molecule is COc1ccccc1NC(=O)N1CCC(C(N)=S)CC1. The summed E-state index contributed by atoms with van der Waals surface area (Å²) in [6.45, 7) is 1.34. The van der Waals surface area contributed by atoms with E-state index in [1.165, 1.54) is 0 Å². The zero-order valence-electron chi connectivity index (χ0n) is 11.5. The highest BCUT2D eigenvalue weighted by Gasteiger charge is 2.24. The van der Waals surface area contributed by atoms with Gasteiger partial charge in [0.05, 0.1) is 17.8 Å². The molecule has 2 rings (SSSR count). The highest BCUT2D eigenvalue weighted by Crippen LogP contribution is 2.24. The maximum Gasteiger partial charge on any atom is 0.321 e. The van der Waals surface area contributed by atoms with Crippen molar-refractivity contribution in [1.82, 2.24) is 4.90 Å². The third-order valence-electron chi connectivity index (χ3n) is 3.53. The zero-order valence-corrected chi connectivity index (χ0v) is 12.3. The first kappa shape index (κ1) is 14.6. The summed E-state index contributed by atoms with van der Waals surface area (Å²) in [6.07, 6.45) is 1.66. The first-order valence-corrected chi connectivity index (χ1v) is 7.01. The molecule has 0 spiro atoms. The van der Waals surface area contributed by atoms with Gasteiger partial charge in [-0.3, -0.25) is 0 Å². The molecule has 20 heavy (non-hydrogen) atoms. The van der Waals surface area contributed by atoms with E-state index in [4.69, 9.17) is 22.7 Å². The fourth-order valence-electron chi connectivity index (χ4n) is 2.31. The van der Waals surface area contributed by atoms with Crippen molar-refractivity contribution < 1.29 is 9.53 Å². The van der Waals surface area contributed by atoms with E-state index >= 15 is 0 Å². The van der Waals surface area contributed by atoms with Crippen LogP contribution in [0.2, 0.25) is 0 Å². The summed E-state index contributed by atoms with van der Waals surface area (Å²) in [4.78, 5) is 14.5. The molecule has 6 heteroatoms. The first-order chi connectivity index (χ1) is 9.61. The van der Waals surface area contributed by atoms with Crippen LogP contribution in [0, 0.1) is 5.92 Å². The molecule has 1 fully saturated rings. The number of carbonyl (C=O) groups is 1. The van der Waals surface area contributed by atoms with Crippen LogP contribution in [0.4, 0.5) is 10.5 Å². The van der Waals surface area contributed by atoms with E-state index in [1.807, 2.05) is 24.3 Å². The van der Waals surface area contributed by atoms with Gasteiger partial charge in [-0.05, 0) is 25.0 Å². The smallest absolute Gasteiger partial charge is 0.321 e. The van der Waals surface area contributed by atoms with Crippen molar-refractivity contribution in [3.63, 3.8) is 0 Å². The Labute approximate surface area is 124 Å².